The predicted molar refractivity (Wildman–Crippen MR) is 97.0 cm³/mol. The van der Waals surface area contributed by atoms with Crippen molar-refractivity contribution in [3.05, 3.63) is 51.8 Å². The van der Waals surface area contributed by atoms with E-state index >= 15 is 0 Å². The first-order chi connectivity index (χ1) is 12.6. The van der Waals surface area contributed by atoms with E-state index in [0.717, 1.165) is 6.07 Å². The SMILES string of the molecule is NC1(C(=O)NCc2ncc(Nc3ccc(Cl)cc3C(F)(F)F)cc2Cl)CC1. The Morgan fingerprint density at radius 2 is 1.96 bits per heavy atom. The molecule has 144 valence electrons. The number of nitrogens with two attached hydrogens (primary N) is 1. The van der Waals surface area contributed by atoms with Crippen LogP contribution in [-0.2, 0) is 17.5 Å². The molecule has 2 aromatic rings. The Morgan fingerprint density at radius 3 is 2.56 bits per heavy atom. The number of aromatic nitrogens is 1. The van der Waals surface area contributed by atoms with Gasteiger partial charge in [0.1, 0.15) is 0 Å². The van der Waals surface area contributed by atoms with Crippen LogP contribution in [0.15, 0.2) is 30.5 Å². The van der Waals surface area contributed by atoms with Gasteiger partial charge in [0.15, 0.2) is 0 Å². The van der Waals surface area contributed by atoms with Gasteiger partial charge in [0.25, 0.3) is 0 Å². The molecule has 1 aliphatic carbocycles. The molecule has 3 rings (SSSR count). The van der Waals surface area contributed by atoms with E-state index in [1.807, 2.05) is 0 Å². The number of pyridine rings is 1. The summed E-state index contributed by atoms with van der Waals surface area (Å²) >= 11 is 11.8. The van der Waals surface area contributed by atoms with Gasteiger partial charge in [0.05, 0.1) is 45.9 Å². The summed E-state index contributed by atoms with van der Waals surface area (Å²) in [5.41, 5.74) is 4.54. The maximum Gasteiger partial charge on any atom is 0.418 e. The minimum Gasteiger partial charge on any atom is -0.354 e. The molecule has 27 heavy (non-hydrogen) atoms. The molecule has 10 heteroatoms. The molecule has 1 heterocycles. The van der Waals surface area contributed by atoms with Gasteiger partial charge >= 0.3 is 6.18 Å². The molecule has 1 aromatic heterocycles. The molecule has 0 saturated heterocycles. The summed E-state index contributed by atoms with van der Waals surface area (Å²) in [7, 11) is 0. The van der Waals surface area contributed by atoms with E-state index in [2.05, 4.69) is 15.6 Å². The summed E-state index contributed by atoms with van der Waals surface area (Å²) < 4.78 is 39.5. The Kier molecular flexibility index (Phi) is 5.24. The highest BCUT2D eigenvalue weighted by Crippen LogP contribution is 2.38. The lowest BCUT2D eigenvalue weighted by Crippen LogP contribution is -2.42. The lowest BCUT2D eigenvalue weighted by molar-refractivity contribution is -0.137. The topological polar surface area (TPSA) is 80.0 Å². The molecule has 1 fully saturated rings. The van der Waals surface area contributed by atoms with Crippen molar-refractivity contribution in [1.29, 1.82) is 0 Å². The lowest BCUT2D eigenvalue weighted by Gasteiger charge is -2.16. The number of anilines is 2. The zero-order valence-electron chi connectivity index (χ0n) is 13.8. The van der Waals surface area contributed by atoms with Crippen molar-refractivity contribution >= 4 is 40.5 Å². The largest absolute Gasteiger partial charge is 0.418 e. The first-order valence-electron chi connectivity index (χ1n) is 7.94. The van der Waals surface area contributed by atoms with E-state index in [1.54, 1.807) is 0 Å². The smallest absolute Gasteiger partial charge is 0.354 e. The number of halogens is 5. The fraction of sp³-hybridized carbons (Fsp3) is 0.294. The summed E-state index contributed by atoms with van der Waals surface area (Å²) in [6.45, 7) is 0.0750. The van der Waals surface area contributed by atoms with Crippen LogP contribution >= 0.6 is 23.2 Å². The van der Waals surface area contributed by atoms with Gasteiger partial charge < -0.3 is 16.4 Å². The minimum atomic E-state index is -4.57. The van der Waals surface area contributed by atoms with Crippen molar-refractivity contribution in [2.75, 3.05) is 5.32 Å². The molecule has 0 unspecified atom stereocenters. The molecule has 1 amide bonds. The number of carbonyl (C=O) groups excluding carboxylic acids is 1. The van der Waals surface area contributed by atoms with Gasteiger partial charge in [0, 0.05) is 5.02 Å². The first-order valence-corrected chi connectivity index (χ1v) is 8.69. The van der Waals surface area contributed by atoms with Crippen LogP contribution < -0.4 is 16.4 Å². The first kappa shape index (κ1) is 19.7. The minimum absolute atomic E-state index is 0.0246. The quantitative estimate of drug-likeness (QED) is 0.677. The zero-order chi connectivity index (χ0) is 19.8. The molecule has 0 spiro atoms. The molecule has 0 radical (unpaired) electrons. The van der Waals surface area contributed by atoms with E-state index < -0.39 is 17.3 Å². The molecule has 4 N–H and O–H groups in total. The van der Waals surface area contributed by atoms with Crippen LogP contribution in [0.3, 0.4) is 0 Å². The van der Waals surface area contributed by atoms with Crippen LogP contribution in [0.1, 0.15) is 24.1 Å². The summed E-state index contributed by atoms with van der Waals surface area (Å²) in [4.78, 5) is 15.9. The average Bonchev–Trinajstić information content (AvgIpc) is 3.33. The van der Waals surface area contributed by atoms with E-state index in [-0.39, 0.29) is 33.9 Å². The highest BCUT2D eigenvalue weighted by atomic mass is 35.5. The number of amides is 1. The van der Waals surface area contributed by atoms with Crippen molar-refractivity contribution in [2.45, 2.75) is 31.1 Å². The maximum atomic E-state index is 13.2. The van der Waals surface area contributed by atoms with Crippen LogP contribution in [0.25, 0.3) is 0 Å². The van der Waals surface area contributed by atoms with Gasteiger partial charge in [-0.25, -0.2) is 0 Å². The highest BCUT2D eigenvalue weighted by molar-refractivity contribution is 6.31. The molecule has 1 aromatic carbocycles. The number of rotatable bonds is 5. The Morgan fingerprint density at radius 1 is 1.26 bits per heavy atom. The van der Waals surface area contributed by atoms with Crippen molar-refractivity contribution in [3.8, 4) is 0 Å². The summed E-state index contributed by atoms with van der Waals surface area (Å²) in [6.07, 6.45) is -1.98. The summed E-state index contributed by atoms with van der Waals surface area (Å²) in [5.74, 6) is -0.279. The van der Waals surface area contributed by atoms with Gasteiger partial charge in [-0.15, -0.1) is 0 Å². The predicted octanol–water partition coefficient (Wildman–Crippen LogP) is 4.26. The van der Waals surface area contributed by atoms with E-state index in [0.29, 0.717) is 18.5 Å². The van der Waals surface area contributed by atoms with Gasteiger partial charge in [-0.3, -0.25) is 9.78 Å². The summed E-state index contributed by atoms with van der Waals surface area (Å²) in [5, 5.41) is 5.47. The van der Waals surface area contributed by atoms with Crippen molar-refractivity contribution in [3.63, 3.8) is 0 Å². The second kappa shape index (κ2) is 7.18. The lowest BCUT2D eigenvalue weighted by atomic mass is 10.1. The van der Waals surface area contributed by atoms with Crippen molar-refractivity contribution in [1.82, 2.24) is 10.3 Å². The van der Waals surface area contributed by atoms with E-state index in [9.17, 15) is 18.0 Å². The van der Waals surface area contributed by atoms with Crippen LogP contribution in [0.2, 0.25) is 10.0 Å². The standard InChI is InChI=1S/C17H15Cl2F3N4O/c18-9-1-2-13(11(5-9)17(20,21)22)26-10-6-12(19)14(24-7-10)8-25-15(27)16(23)3-4-16/h1-2,5-7,26H,3-4,8,23H2,(H,25,27). The van der Waals surface area contributed by atoms with Crippen LogP contribution in [-0.4, -0.2) is 16.4 Å². The molecule has 0 aliphatic heterocycles. The molecule has 1 saturated carbocycles. The third-order valence-corrected chi connectivity index (χ3v) is 4.70. The second-order valence-corrected chi connectivity index (χ2v) is 7.15. The van der Waals surface area contributed by atoms with Crippen molar-refractivity contribution in [2.24, 2.45) is 5.73 Å². The monoisotopic (exact) mass is 418 g/mol. The molecular weight excluding hydrogens is 404 g/mol. The maximum absolute atomic E-state index is 13.2. The molecule has 0 bridgehead atoms. The fourth-order valence-corrected chi connectivity index (χ4v) is 2.79. The summed E-state index contributed by atoms with van der Waals surface area (Å²) in [6, 6.07) is 4.84. The van der Waals surface area contributed by atoms with E-state index in [4.69, 9.17) is 28.9 Å². The van der Waals surface area contributed by atoms with Gasteiger partial charge in [-0.2, -0.15) is 13.2 Å². The number of hydrogen-bond acceptors (Lipinski definition) is 4. The third kappa shape index (κ3) is 4.63. The number of nitrogens with one attached hydrogen (secondary N) is 2. The van der Waals surface area contributed by atoms with Gasteiger partial charge in [0.2, 0.25) is 5.91 Å². The number of alkyl halides is 3. The third-order valence-electron chi connectivity index (χ3n) is 4.14. The van der Waals surface area contributed by atoms with Gasteiger partial charge in [-0.05, 0) is 37.1 Å². The van der Waals surface area contributed by atoms with Crippen LogP contribution in [0, 0.1) is 0 Å². The van der Waals surface area contributed by atoms with Crippen LogP contribution in [0.4, 0.5) is 24.5 Å². The molecular formula is C17H15Cl2F3N4O. The number of benzene rings is 1. The number of carbonyl (C=O) groups is 1. The Labute approximate surface area is 163 Å². The van der Waals surface area contributed by atoms with Crippen molar-refractivity contribution < 1.29 is 18.0 Å². The second-order valence-electron chi connectivity index (χ2n) is 6.30. The fourth-order valence-electron chi connectivity index (χ4n) is 2.38. The Hall–Kier alpha value is -2.03. The molecule has 0 atom stereocenters. The Balaban J connectivity index is 1.74. The Bertz CT molecular complexity index is 885. The van der Waals surface area contributed by atoms with E-state index in [1.165, 1.54) is 24.4 Å². The zero-order valence-corrected chi connectivity index (χ0v) is 15.3. The number of hydrogen-bond donors (Lipinski definition) is 3. The highest BCUT2D eigenvalue weighted by Gasteiger charge is 2.45. The van der Waals surface area contributed by atoms with Crippen LogP contribution in [0.5, 0.6) is 0 Å². The average molecular weight is 419 g/mol. The molecule has 5 nitrogen and oxygen atoms in total. The van der Waals surface area contributed by atoms with Gasteiger partial charge in [-0.1, -0.05) is 23.2 Å². The normalized spacial score (nSPS) is 15.3. The number of nitrogens with zero attached hydrogens (tertiary/aromatic N) is 1. The molecule has 1 aliphatic rings.